The molecule has 0 aliphatic rings. The molecule has 1 rings (SSSR count). The third kappa shape index (κ3) is 6.82. The zero-order chi connectivity index (χ0) is 17.4. The fourth-order valence-corrected chi connectivity index (χ4v) is 2.01. The van der Waals surface area contributed by atoms with Crippen molar-refractivity contribution in [3.8, 4) is 5.75 Å². The first-order chi connectivity index (χ1) is 10.8. The highest BCUT2D eigenvalue weighted by Crippen LogP contribution is 2.13. The highest BCUT2D eigenvalue weighted by atomic mass is 16.5. The van der Waals surface area contributed by atoms with Crippen LogP contribution in [0.15, 0.2) is 29.3 Å². The van der Waals surface area contributed by atoms with E-state index in [1.54, 1.807) is 31.4 Å². The molecule has 1 aromatic carbocycles. The van der Waals surface area contributed by atoms with Gasteiger partial charge in [-0.25, -0.2) is 9.79 Å². The average Bonchev–Trinajstić information content (AvgIpc) is 2.45. The van der Waals surface area contributed by atoms with Crippen molar-refractivity contribution in [2.75, 3.05) is 7.11 Å². The van der Waals surface area contributed by atoms with Gasteiger partial charge in [0.2, 0.25) is 5.91 Å². The molecule has 1 atom stereocenters. The Hall–Kier alpha value is -2.57. The number of nitrogens with zero attached hydrogens (tertiary/aromatic N) is 1. The second-order valence-electron chi connectivity index (χ2n) is 5.57. The number of carboxylic acid groups (broad SMARTS) is 1. The van der Waals surface area contributed by atoms with Crippen LogP contribution in [-0.2, 0) is 16.0 Å². The van der Waals surface area contributed by atoms with Crippen LogP contribution in [0.2, 0.25) is 0 Å². The molecular formula is C16H23N3O4. The molecule has 0 aliphatic heterocycles. The number of rotatable bonds is 7. The highest BCUT2D eigenvalue weighted by Gasteiger charge is 2.18. The van der Waals surface area contributed by atoms with Crippen molar-refractivity contribution in [3.05, 3.63) is 29.8 Å². The molecule has 0 saturated heterocycles. The van der Waals surface area contributed by atoms with Crippen molar-refractivity contribution >= 4 is 17.8 Å². The van der Waals surface area contributed by atoms with Crippen molar-refractivity contribution < 1.29 is 19.4 Å². The Labute approximate surface area is 135 Å². The largest absolute Gasteiger partial charge is 0.497 e. The number of hydrogen-bond donors (Lipinski definition) is 3. The lowest BCUT2D eigenvalue weighted by Gasteiger charge is -2.12. The fourth-order valence-electron chi connectivity index (χ4n) is 2.01. The van der Waals surface area contributed by atoms with Crippen molar-refractivity contribution in [2.45, 2.75) is 32.7 Å². The smallest absolute Gasteiger partial charge is 0.328 e. The Morgan fingerprint density at radius 1 is 1.39 bits per heavy atom. The van der Waals surface area contributed by atoms with Crippen LogP contribution in [0.4, 0.5) is 0 Å². The summed E-state index contributed by atoms with van der Waals surface area (Å²) in [5.41, 5.74) is 6.38. The lowest BCUT2D eigenvalue weighted by Crippen LogP contribution is -2.39. The van der Waals surface area contributed by atoms with Crippen LogP contribution in [-0.4, -0.2) is 36.1 Å². The topological polar surface area (TPSA) is 114 Å². The van der Waals surface area contributed by atoms with Gasteiger partial charge < -0.3 is 15.6 Å². The quantitative estimate of drug-likeness (QED) is 0.515. The van der Waals surface area contributed by atoms with E-state index in [0.717, 1.165) is 5.56 Å². The maximum absolute atomic E-state index is 11.9. The van der Waals surface area contributed by atoms with Gasteiger partial charge in [0.15, 0.2) is 12.0 Å². The predicted octanol–water partition coefficient (Wildman–Crippen LogP) is 1.17. The van der Waals surface area contributed by atoms with Gasteiger partial charge in [0.1, 0.15) is 5.75 Å². The third-order valence-corrected chi connectivity index (χ3v) is 3.04. The Balaban J connectivity index is 2.67. The van der Waals surface area contributed by atoms with Crippen LogP contribution in [0, 0.1) is 5.92 Å². The van der Waals surface area contributed by atoms with Crippen molar-refractivity contribution in [1.82, 2.24) is 5.32 Å². The van der Waals surface area contributed by atoms with Gasteiger partial charge in [-0.2, -0.15) is 0 Å². The number of carbonyl (C=O) groups excluding carboxylic acids is 1. The molecule has 0 aliphatic carbocycles. The summed E-state index contributed by atoms with van der Waals surface area (Å²) < 4.78 is 5.09. The summed E-state index contributed by atoms with van der Waals surface area (Å²) in [6, 6.07) is 6.12. The minimum Gasteiger partial charge on any atom is -0.497 e. The van der Waals surface area contributed by atoms with E-state index in [1.807, 2.05) is 13.8 Å². The van der Waals surface area contributed by atoms with E-state index in [1.165, 1.54) is 0 Å². The number of ether oxygens (including phenoxy) is 1. The number of hydrogen-bond acceptors (Lipinski definition) is 4. The lowest BCUT2D eigenvalue weighted by atomic mass is 10.0. The summed E-state index contributed by atoms with van der Waals surface area (Å²) in [6.07, 6.45) is 0.442. The first kappa shape index (κ1) is 18.5. The zero-order valence-corrected chi connectivity index (χ0v) is 13.6. The van der Waals surface area contributed by atoms with Gasteiger partial charge in [0.25, 0.3) is 0 Å². The molecule has 0 saturated carbocycles. The van der Waals surface area contributed by atoms with Gasteiger partial charge in [-0.05, 0) is 30.0 Å². The number of carbonyl (C=O) groups is 2. The SMILES string of the molecule is COc1cccc(CC(=O)NC(N)=N[C@H](CC(C)C)C(=O)O)c1. The molecule has 0 aromatic heterocycles. The molecule has 7 nitrogen and oxygen atoms in total. The molecule has 1 amide bonds. The molecule has 23 heavy (non-hydrogen) atoms. The van der Waals surface area contributed by atoms with Gasteiger partial charge >= 0.3 is 5.97 Å². The molecule has 0 unspecified atom stereocenters. The van der Waals surface area contributed by atoms with Crippen LogP contribution in [0.25, 0.3) is 0 Å². The number of carboxylic acids is 1. The molecule has 126 valence electrons. The molecular weight excluding hydrogens is 298 g/mol. The summed E-state index contributed by atoms with van der Waals surface area (Å²) in [5.74, 6) is -0.817. The first-order valence-electron chi connectivity index (χ1n) is 7.30. The minimum atomic E-state index is -1.07. The molecule has 0 fully saturated rings. The van der Waals surface area contributed by atoms with Crippen molar-refractivity contribution in [2.24, 2.45) is 16.6 Å². The summed E-state index contributed by atoms with van der Waals surface area (Å²) in [6.45, 7) is 3.78. The van der Waals surface area contributed by atoms with E-state index >= 15 is 0 Å². The van der Waals surface area contributed by atoms with Crippen LogP contribution < -0.4 is 15.8 Å². The monoisotopic (exact) mass is 321 g/mol. The number of nitrogens with two attached hydrogens (primary N) is 1. The Morgan fingerprint density at radius 3 is 2.65 bits per heavy atom. The maximum atomic E-state index is 11.9. The molecule has 0 spiro atoms. The van der Waals surface area contributed by atoms with Gasteiger partial charge in [-0.15, -0.1) is 0 Å². The lowest BCUT2D eigenvalue weighted by molar-refractivity contribution is -0.138. The van der Waals surface area contributed by atoms with Crippen molar-refractivity contribution in [1.29, 1.82) is 0 Å². The van der Waals surface area contributed by atoms with Gasteiger partial charge in [0.05, 0.1) is 13.5 Å². The Kier molecular flexibility index (Phi) is 7.05. The van der Waals surface area contributed by atoms with Crippen LogP contribution in [0.5, 0.6) is 5.75 Å². The normalized spacial score (nSPS) is 12.8. The average molecular weight is 321 g/mol. The summed E-state index contributed by atoms with van der Waals surface area (Å²) in [4.78, 5) is 26.9. The second-order valence-corrected chi connectivity index (χ2v) is 5.57. The van der Waals surface area contributed by atoms with Crippen LogP contribution >= 0.6 is 0 Å². The number of benzene rings is 1. The van der Waals surface area contributed by atoms with Crippen LogP contribution in [0.3, 0.4) is 0 Å². The number of amides is 1. The Morgan fingerprint density at radius 2 is 2.09 bits per heavy atom. The minimum absolute atomic E-state index is 0.0926. The van der Waals surface area contributed by atoms with Gasteiger partial charge in [0, 0.05) is 0 Å². The van der Waals surface area contributed by atoms with E-state index in [9.17, 15) is 9.59 Å². The molecule has 0 heterocycles. The maximum Gasteiger partial charge on any atom is 0.328 e. The van der Waals surface area contributed by atoms with Gasteiger partial charge in [-0.1, -0.05) is 26.0 Å². The first-order valence-corrected chi connectivity index (χ1v) is 7.30. The Bertz CT molecular complexity index is 584. The standard InChI is InChI=1S/C16H23N3O4/c1-10(2)7-13(15(21)22)18-16(17)19-14(20)9-11-5-4-6-12(8-11)23-3/h4-6,8,10,13H,7,9H2,1-3H3,(H,21,22)(H3,17,18,19,20)/t13-/m1/s1. The third-order valence-electron chi connectivity index (χ3n) is 3.04. The number of methoxy groups -OCH3 is 1. The fraction of sp³-hybridized carbons (Fsp3) is 0.438. The predicted molar refractivity (Wildman–Crippen MR) is 87.3 cm³/mol. The van der Waals surface area contributed by atoms with E-state index in [-0.39, 0.29) is 24.2 Å². The number of aliphatic imine (C=N–C) groups is 1. The molecule has 1 aromatic rings. The molecule has 4 N–H and O–H groups in total. The molecule has 7 heteroatoms. The number of aliphatic carboxylic acids is 1. The number of nitrogens with one attached hydrogen (secondary N) is 1. The highest BCUT2D eigenvalue weighted by molar-refractivity contribution is 5.97. The van der Waals surface area contributed by atoms with E-state index in [4.69, 9.17) is 15.6 Å². The molecule has 0 bridgehead atoms. The summed E-state index contributed by atoms with van der Waals surface area (Å²) in [5, 5.41) is 11.5. The second kappa shape index (κ2) is 8.77. The van der Waals surface area contributed by atoms with E-state index < -0.39 is 12.0 Å². The molecule has 0 radical (unpaired) electrons. The number of guanidine groups is 1. The zero-order valence-electron chi connectivity index (χ0n) is 13.6. The van der Waals surface area contributed by atoms with E-state index in [0.29, 0.717) is 12.2 Å². The van der Waals surface area contributed by atoms with Gasteiger partial charge in [-0.3, -0.25) is 10.1 Å². The van der Waals surface area contributed by atoms with Crippen LogP contribution in [0.1, 0.15) is 25.8 Å². The summed E-state index contributed by atoms with van der Waals surface area (Å²) in [7, 11) is 1.55. The van der Waals surface area contributed by atoms with Crippen molar-refractivity contribution in [3.63, 3.8) is 0 Å². The summed E-state index contributed by atoms with van der Waals surface area (Å²) >= 11 is 0. The van der Waals surface area contributed by atoms with E-state index in [2.05, 4.69) is 10.3 Å².